The zero-order chi connectivity index (χ0) is 21.3. The van der Waals surface area contributed by atoms with Crippen molar-refractivity contribution in [2.75, 3.05) is 52.3 Å². The predicted octanol–water partition coefficient (Wildman–Crippen LogP) is 3.58. The minimum Gasteiger partial charge on any atom is -0.497 e. The second-order valence-electron chi connectivity index (χ2n) is 7.83. The number of nitrogens with one attached hydrogen (secondary N) is 2. The zero-order valence-corrected chi connectivity index (χ0v) is 19.4. The molecule has 1 aromatic heterocycles. The fourth-order valence-electron chi connectivity index (χ4n) is 3.78. The fraction of sp³-hybridized carbons (Fsp3) is 0.522. The largest absolute Gasteiger partial charge is 0.497 e. The molecule has 1 fully saturated rings. The van der Waals surface area contributed by atoms with E-state index in [9.17, 15) is 0 Å². The van der Waals surface area contributed by atoms with Crippen LogP contribution >= 0.6 is 11.3 Å². The van der Waals surface area contributed by atoms with Crippen LogP contribution < -0.4 is 20.3 Å². The molecule has 1 unspecified atom stereocenters. The van der Waals surface area contributed by atoms with Gasteiger partial charge in [0, 0.05) is 25.7 Å². The number of hydrogen-bond acceptors (Lipinski definition) is 5. The van der Waals surface area contributed by atoms with E-state index in [4.69, 9.17) is 9.73 Å². The van der Waals surface area contributed by atoms with Crippen LogP contribution in [0.3, 0.4) is 0 Å². The molecule has 1 aliphatic rings. The maximum Gasteiger partial charge on any atom is 0.191 e. The second-order valence-corrected chi connectivity index (χ2v) is 8.76. The van der Waals surface area contributed by atoms with Crippen LogP contribution in [0.4, 0.5) is 5.00 Å². The molecule has 0 spiro atoms. The van der Waals surface area contributed by atoms with Crippen molar-refractivity contribution in [3.05, 3.63) is 47.3 Å². The summed E-state index contributed by atoms with van der Waals surface area (Å²) >= 11 is 1.82. The molecule has 1 atom stereocenters. The van der Waals surface area contributed by atoms with Crippen molar-refractivity contribution in [3.63, 3.8) is 0 Å². The van der Waals surface area contributed by atoms with Crippen LogP contribution in [0.1, 0.15) is 31.4 Å². The minimum atomic E-state index is 0.215. The second kappa shape index (κ2) is 11.2. The van der Waals surface area contributed by atoms with Crippen molar-refractivity contribution in [3.8, 4) is 5.75 Å². The lowest BCUT2D eigenvalue weighted by Gasteiger charge is -2.33. The third-order valence-corrected chi connectivity index (χ3v) is 6.47. The lowest BCUT2D eigenvalue weighted by atomic mass is 10.1. The fourth-order valence-corrected chi connectivity index (χ4v) is 4.56. The number of likely N-dealkylation sites (N-methyl/N-ethyl adjacent to an activating group) is 1. The number of ether oxygens (including phenoxy) is 1. The van der Waals surface area contributed by atoms with Crippen molar-refractivity contribution in [2.45, 2.75) is 31.8 Å². The molecule has 1 aliphatic heterocycles. The Hall–Kier alpha value is -2.25. The van der Waals surface area contributed by atoms with Gasteiger partial charge in [-0.2, -0.15) is 0 Å². The highest BCUT2D eigenvalue weighted by Gasteiger charge is 2.21. The van der Waals surface area contributed by atoms with Crippen LogP contribution in [-0.4, -0.2) is 64.3 Å². The minimum absolute atomic E-state index is 0.215. The highest BCUT2D eigenvalue weighted by atomic mass is 32.1. The molecular weight excluding hydrogens is 394 g/mol. The Bertz CT molecular complexity index is 767. The molecule has 0 saturated carbocycles. The van der Waals surface area contributed by atoms with Gasteiger partial charge >= 0.3 is 0 Å². The van der Waals surface area contributed by atoms with Crippen molar-refractivity contribution in [2.24, 2.45) is 4.99 Å². The Labute approximate surface area is 184 Å². The Morgan fingerprint density at radius 2 is 1.97 bits per heavy atom. The van der Waals surface area contributed by atoms with Gasteiger partial charge in [-0.1, -0.05) is 12.1 Å². The summed E-state index contributed by atoms with van der Waals surface area (Å²) in [4.78, 5) is 9.63. The van der Waals surface area contributed by atoms with E-state index in [-0.39, 0.29) is 6.04 Å². The van der Waals surface area contributed by atoms with Gasteiger partial charge in [0.2, 0.25) is 0 Å². The lowest BCUT2D eigenvalue weighted by molar-refractivity contribution is 0.305. The van der Waals surface area contributed by atoms with E-state index in [1.807, 2.05) is 23.5 Å². The van der Waals surface area contributed by atoms with Gasteiger partial charge in [0.25, 0.3) is 0 Å². The van der Waals surface area contributed by atoms with Crippen LogP contribution in [0.25, 0.3) is 0 Å². The number of thiophene rings is 1. The molecule has 1 aromatic carbocycles. The van der Waals surface area contributed by atoms with Gasteiger partial charge in [0.15, 0.2) is 5.96 Å². The quantitative estimate of drug-likeness (QED) is 0.496. The molecule has 0 bridgehead atoms. The molecular formula is C23H35N5OS. The maximum absolute atomic E-state index is 5.29. The van der Waals surface area contributed by atoms with E-state index in [1.54, 1.807) is 7.11 Å². The Morgan fingerprint density at radius 1 is 1.23 bits per heavy atom. The van der Waals surface area contributed by atoms with Gasteiger partial charge < -0.3 is 25.2 Å². The molecule has 2 heterocycles. The highest BCUT2D eigenvalue weighted by Crippen LogP contribution is 2.25. The van der Waals surface area contributed by atoms with E-state index >= 15 is 0 Å². The molecule has 1 saturated heterocycles. The molecule has 164 valence electrons. The average molecular weight is 430 g/mol. The standard InChI is InChI=1S/C23H35N5OS/c1-5-24-23(26-19-12-14-28(15-13-19)22-7-6-16-30-22)25-17-21(27(2)3)18-8-10-20(29-4)11-9-18/h6-11,16,19,21H,5,12-15,17H2,1-4H3,(H2,24,25,26). The number of nitrogens with zero attached hydrogens (tertiary/aromatic N) is 3. The lowest BCUT2D eigenvalue weighted by Crippen LogP contribution is -2.48. The van der Waals surface area contributed by atoms with E-state index < -0.39 is 0 Å². The first-order valence-corrected chi connectivity index (χ1v) is 11.6. The topological polar surface area (TPSA) is 52.1 Å². The van der Waals surface area contributed by atoms with Gasteiger partial charge in [-0.05, 0) is 69.1 Å². The average Bonchev–Trinajstić information content (AvgIpc) is 3.29. The Balaban J connectivity index is 1.59. The molecule has 2 N–H and O–H groups in total. The number of aliphatic imine (C=N–C) groups is 1. The first-order valence-electron chi connectivity index (χ1n) is 10.7. The Morgan fingerprint density at radius 3 is 2.53 bits per heavy atom. The van der Waals surface area contributed by atoms with Gasteiger partial charge in [0.1, 0.15) is 5.75 Å². The number of rotatable bonds is 8. The predicted molar refractivity (Wildman–Crippen MR) is 128 cm³/mol. The summed E-state index contributed by atoms with van der Waals surface area (Å²) in [6.45, 7) is 5.84. The van der Waals surface area contributed by atoms with Crippen LogP contribution in [0, 0.1) is 0 Å². The van der Waals surface area contributed by atoms with Crippen molar-refractivity contribution in [1.82, 2.24) is 15.5 Å². The first-order chi connectivity index (χ1) is 14.6. The first kappa shape index (κ1) is 22.4. The summed E-state index contributed by atoms with van der Waals surface area (Å²) in [5.41, 5.74) is 1.24. The molecule has 3 rings (SSSR count). The molecule has 0 amide bonds. The molecule has 0 radical (unpaired) electrons. The third-order valence-electron chi connectivity index (χ3n) is 5.54. The van der Waals surface area contributed by atoms with Crippen molar-refractivity contribution >= 4 is 22.3 Å². The normalized spacial score (nSPS) is 16.6. The summed E-state index contributed by atoms with van der Waals surface area (Å²) in [6, 6.07) is 13.3. The number of guanidine groups is 1. The summed E-state index contributed by atoms with van der Waals surface area (Å²) in [6.07, 6.45) is 2.25. The van der Waals surface area contributed by atoms with E-state index in [2.05, 4.69) is 71.1 Å². The summed E-state index contributed by atoms with van der Waals surface area (Å²) < 4.78 is 5.29. The van der Waals surface area contributed by atoms with Crippen LogP contribution in [0.5, 0.6) is 5.75 Å². The van der Waals surface area contributed by atoms with Crippen LogP contribution in [-0.2, 0) is 0 Å². The molecule has 2 aromatic rings. The van der Waals surface area contributed by atoms with Crippen molar-refractivity contribution < 1.29 is 4.74 Å². The summed E-state index contributed by atoms with van der Waals surface area (Å²) in [7, 11) is 5.90. The summed E-state index contributed by atoms with van der Waals surface area (Å²) in [5, 5.41) is 10.6. The molecule has 6 nitrogen and oxygen atoms in total. The van der Waals surface area contributed by atoms with Gasteiger partial charge in [-0.25, -0.2) is 0 Å². The number of methoxy groups -OCH3 is 1. The zero-order valence-electron chi connectivity index (χ0n) is 18.6. The number of anilines is 1. The van der Waals surface area contributed by atoms with Gasteiger partial charge in [-0.15, -0.1) is 11.3 Å². The Kier molecular flexibility index (Phi) is 8.39. The number of hydrogen-bond donors (Lipinski definition) is 2. The molecule has 30 heavy (non-hydrogen) atoms. The van der Waals surface area contributed by atoms with Gasteiger partial charge in [-0.3, -0.25) is 4.99 Å². The smallest absolute Gasteiger partial charge is 0.191 e. The van der Waals surface area contributed by atoms with Crippen LogP contribution in [0.2, 0.25) is 0 Å². The SMILES string of the molecule is CCNC(=NCC(c1ccc(OC)cc1)N(C)C)NC1CCN(c2cccs2)CC1. The van der Waals surface area contributed by atoms with E-state index in [0.717, 1.165) is 44.2 Å². The number of benzene rings is 1. The monoisotopic (exact) mass is 429 g/mol. The molecule has 7 heteroatoms. The van der Waals surface area contributed by atoms with Crippen molar-refractivity contribution in [1.29, 1.82) is 0 Å². The number of piperidine rings is 1. The van der Waals surface area contributed by atoms with Gasteiger partial charge in [0.05, 0.1) is 24.7 Å². The van der Waals surface area contributed by atoms with E-state index in [1.165, 1.54) is 10.6 Å². The highest BCUT2D eigenvalue weighted by molar-refractivity contribution is 7.14. The summed E-state index contributed by atoms with van der Waals surface area (Å²) in [5.74, 6) is 1.79. The van der Waals surface area contributed by atoms with Crippen LogP contribution in [0.15, 0.2) is 46.8 Å². The maximum atomic E-state index is 5.29. The third kappa shape index (κ3) is 6.12. The van der Waals surface area contributed by atoms with E-state index in [0.29, 0.717) is 12.6 Å². The molecule has 0 aliphatic carbocycles.